The Hall–Kier alpha value is -1.29. The molecule has 0 aromatic heterocycles. The summed E-state index contributed by atoms with van der Waals surface area (Å²) in [6.45, 7) is 2.05. The maximum Gasteiger partial charge on any atom is 0.158 e. The smallest absolute Gasteiger partial charge is 0.158 e. The molecular formula is C13H16F2O2. The topological polar surface area (TPSA) is 26.3 Å². The van der Waals surface area contributed by atoms with Crippen molar-refractivity contribution in [2.75, 3.05) is 6.61 Å². The number of unbranched alkanes of at least 4 members (excludes halogenated alkanes) is 1. The largest absolute Gasteiger partial charge is 0.369 e. The first-order valence-corrected chi connectivity index (χ1v) is 5.66. The summed E-state index contributed by atoms with van der Waals surface area (Å²) in [5.41, 5.74) is 0.394. The minimum absolute atomic E-state index is 0.00185. The van der Waals surface area contributed by atoms with Crippen molar-refractivity contribution in [3.8, 4) is 0 Å². The van der Waals surface area contributed by atoms with E-state index in [4.69, 9.17) is 4.74 Å². The maximum absolute atomic E-state index is 12.8. The minimum Gasteiger partial charge on any atom is -0.369 e. The van der Waals surface area contributed by atoms with Gasteiger partial charge in [-0.25, -0.2) is 8.78 Å². The average Bonchev–Trinajstić information content (AvgIpc) is 2.25. The number of ketones is 1. The molecule has 1 rings (SSSR count). The third-order valence-corrected chi connectivity index (χ3v) is 2.26. The zero-order valence-electron chi connectivity index (χ0n) is 9.84. The zero-order chi connectivity index (χ0) is 12.7. The molecule has 0 aliphatic heterocycles. The van der Waals surface area contributed by atoms with Crippen LogP contribution in [-0.2, 0) is 16.1 Å². The molecule has 1 aromatic rings. The van der Waals surface area contributed by atoms with Gasteiger partial charge in [0.1, 0.15) is 18.2 Å². The Kier molecular flexibility index (Phi) is 5.77. The van der Waals surface area contributed by atoms with Crippen molar-refractivity contribution in [1.82, 2.24) is 0 Å². The number of benzene rings is 1. The number of Topliss-reactive ketones (excluding diaryl/α,β-unsaturated/α-hetero) is 1. The second-order valence-electron chi connectivity index (χ2n) is 3.91. The molecule has 0 atom stereocenters. The normalized spacial score (nSPS) is 10.5. The standard InChI is InChI=1S/C13H16F2O2/c1-2-3-4-13(16)9-17-8-10-5-11(14)7-12(15)6-10/h5-7H,2-4,8-9H2,1H3. The highest BCUT2D eigenvalue weighted by Crippen LogP contribution is 2.09. The Labute approximate surface area is 99.6 Å². The summed E-state index contributed by atoms with van der Waals surface area (Å²) < 4.78 is 30.7. The van der Waals surface area contributed by atoms with E-state index in [2.05, 4.69) is 0 Å². The summed E-state index contributed by atoms with van der Waals surface area (Å²) in [5.74, 6) is -1.26. The van der Waals surface area contributed by atoms with Crippen molar-refractivity contribution in [3.05, 3.63) is 35.4 Å². The van der Waals surface area contributed by atoms with Gasteiger partial charge in [-0.2, -0.15) is 0 Å². The van der Waals surface area contributed by atoms with Gasteiger partial charge in [0, 0.05) is 12.5 Å². The highest BCUT2D eigenvalue weighted by Gasteiger charge is 2.04. The number of carbonyl (C=O) groups excluding carboxylic acids is 1. The van der Waals surface area contributed by atoms with Crippen molar-refractivity contribution in [3.63, 3.8) is 0 Å². The molecule has 0 aliphatic carbocycles. The van der Waals surface area contributed by atoms with Gasteiger partial charge in [-0.15, -0.1) is 0 Å². The van der Waals surface area contributed by atoms with Gasteiger partial charge in [-0.1, -0.05) is 13.3 Å². The van der Waals surface area contributed by atoms with E-state index in [1.54, 1.807) is 0 Å². The van der Waals surface area contributed by atoms with Crippen molar-refractivity contribution < 1.29 is 18.3 Å². The Morgan fingerprint density at radius 2 is 1.88 bits per heavy atom. The van der Waals surface area contributed by atoms with E-state index >= 15 is 0 Å². The first-order chi connectivity index (χ1) is 8.11. The Morgan fingerprint density at radius 3 is 2.47 bits per heavy atom. The lowest BCUT2D eigenvalue weighted by Gasteiger charge is -2.04. The summed E-state index contributed by atoms with van der Waals surface area (Å²) in [7, 11) is 0. The lowest BCUT2D eigenvalue weighted by atomic mass is 10.2. The fourth-order valence-corrected chi connectivity index (χ4v) is 1.42. The first kappa shape index (κ1) is 13.8. The molecule has 0 saturated carbocycles. The van der Waals surface area contributed by atoms with Gasteiger partial charge in [-0.05, 0) is 24.1 Å². The summed E-state index contributed by atoms with van der Waals surface area (Å²) in [6.07, 6.45) is 2.30. The van der Waals surface area contributed by atoms with Crippen LogP contribution in [0.5, 0.6) is 0 Å². The van der Waals surface area contributed by atoms with Crippen LogP contribution in [0.25, 0.3) is 0 Å². The summed E-state index contributed by atoms with van der Waals surface area (Å²) in [4.78, 5) is 11.3. The van der Waals surface area contributed by atoms with E-state index in [1.165, 1.54) is 12.1 Å². The maximum atomic E-state index is 12.8. The van der Waals surface area contributed by atoms with Crippen LogP contribution in [0.3, 0.4) is 0 Å². The number of hydrogen-bond acceptors (Lipinski definition) is 2. The molecule has 94 valence electrons. The van der Waals surface area contributed by atoms with Gasteiger partial charge in [-0.3, -0.25) is 4.79 Å². The molecule has 0 aliphatic rings. The fraction of sp³-hybridized carbons (Fsp3) is 0.462. The number of carbonyl (C=O) groups is 1. The summed E-state index contributed by atoms with van der Waals surface area (Å²) in [6, 6.07) is 3.19. The zero-order valence-corrected chi connectivity index (χ0v) is 9.84. The summed E-state index contributed by atoms with van der Waals surface area (Å²) in [5, 5.41) is 0. The Balaban J connectivity index is 2.33. The van der Waals surface area contributed by atoms with Crippen LogP contribution in [0.2, 0.25) is 0 Å². The minimum atomic E-state index is -0.638. The molecule has 1 aromatic carbocycles. The van der Waals surface area contributed by atoms with E-state index in [-0.39, 0.29) is 19.0 Å². The van der Waals surface area contributed by atoms with Crippen LogP contribution in [0.4, 0.5) is 8.78 Å². The van der Waals surface area contributed by atoms with Crippen LogP contribution in [0.15, 0.2) is 18.2 Å². The van der Waals surface area contributed by atoms with Crippen molar-refractivity contribution in [2.45, 2.75) is 32.8 Å². The quantitative estimate of drug-likeness (QED) is 0.733. The molecule has 0 heterocycles. The van der Waals surface area contributed by atoms with Gasteiger partial charge in [0.2, 0.25) is 0 Å². The average molecular weight is 242 g/mol. The van der Waals surface area contributed by atoms with Gasteiger partial charge < -0.3 is 4.74 Å². The third kappa shape index (κ3) is 5.54. The van der Waals surface area contributed by atoms with E-state index in [0.29, 0.717) is 12.0 Å². The van der Waals surface area contributed by atoms with Crippen molar-refractivity contribution in [1.29, 1.82) is 0 Å². The predicted molar refractivity (Wildman–Crippen MR) is 60.5 cm³/mol. The van der Waals surface area contributed by atoms with E-state index in [0.717, 1.165) is 18.9 Å². The van der Waals surface area contributed by atoms with E-state index in [1.807, 2.05) is 6.92 Å². The first-order valence-electron chi connectivity index (χ1n) is 5.66. The molecule has 0 bridgehead atoms. The number of ether oxygens (including phenoxy) is 1. The SMILES string of the molecule is CCCCC(=O)COCc1cc(F)cc(F)c1. The molecule has 0 radical (unpaired) electrons. The fourth-order valence-electron chi connectivity index (χ4n) is 1.42. The second-order valence-corrected chi connectivity index (χ2v) is 3.91. The highest BCUT2D eigenvalue weighted by atomic mass is 19.1. The van der Waals surface area contributed by atoms with Gasteiger partial charge in [0.25, 0.3) is 0 Å². The van der Waals surface area contributed by atoms with Gasteiger partial charge in [0.05, 0.1) is 6.61 Å². The number of rotatable bonds is 7. The molecule has 0 amide bonds. The molecule has 17 heavy (non-hydrogen) atoms. The predicted octanol–water partition coefficient (Wildman–Crippen LogP) is 3.24. The molecule has 0 fully saturated rings. The molecule has 4 heteroatoms. The molecule has 0 saturated heterocycles. The summed E-state index contributed by atoms with van der Waals surface area (Å²) >= 11 is 0. The van der Waals surface area contributed by atoms with Crippen LogP contribution in [0, 0.1) is 11.6 Å². The van der Waals surface area contributed by atoms with Gasteiger partial charge >= 0.3 is 0 Å². The highest BCUT2D eigenvalue weighted by molar-refractivity contribution is 5.79. The van der Waals surface area contributed by atoms with Crippen molar-refractivity contribution in [2.24, 2.45) is 0 Å². The monoisotopic (exact) mass is 242 g/mol. The Bertz CT molecular complexity index is 357. The number of halogens is 2. The number of hydrogen-bond donors (Lipinski definition) is 0. The van der Waals surface area contributed by atoms with Crippen LogP contribution < -0.4 is 0 Å². The van der Waals surface area contributed by atoms with E-state index in [9.17, 15) is 13.6 Å². The lowest BCUT2D eigenvalue weighted by molar-refractivity contribution is -0.124. The second kappa shape index (κ2) is 7.12. The molecule has 0 spiro atoms. The molecule has 0 N–H and O–H groups in total. The van der Waals surface area contributed by atoms with Gasteiger partial charge in [0.15, 0.2) is 5.78 Å². The molecule has 0 unspecified atom stereocenters. The molecular weight excluding hydrogens is 226 g/mol. The van der Waals surface area contributed by atoms with Crippen LogP contribution >= 0.6 is 0 Å². The van der Waals surface area contributed by atoms with E-state index < -0.39 is 11.6 Å². The van der Waals surface area contributed by atoms with Crippen molar-refractivity contribution >= 4 is 5.78 Å². The lowest BCUT2D eigenvalue weighted by Crippen LogP contribution is -2.08. The third-order valence-electron chi connectivity index (χ3n) is 2.26. The van der Waals surface area contributed by atoms with Crippen LogP contribution in [-0.4, -0.2) is 12.4 Å². The Morgan fingerprint density at radius 1 is 1.24 bits per heavy atom. The molecule has 2 nitrogen and oxygen atoms in total. The van der Waals surface area contributed by atoms with Crippen LogP contribution in [0.1, 0.15) is 31.7 Å².